The molecule has 0 aliphatic heterocycles. The van der Waals surface area contributed by atoms with E-state index in [9.17, 15) is 9.60 Å². The maximum absolute atomic E-state index is 13.9. The highest BCUT2D eigenvalue weighted by atomic mass is 19.1. The number of nitrogens with zero attached hydrogens (tertiary/aromatic N) is 1. The zero-order chi connectivity index (χ0) is 21.3. The zero-order valence-corrected chi connectivity index (χ0v) is 17.4. The van der Waals surface area contributed by atoms with Crippen LogP contribution in [0, 0.1) is 17.9 Å². The molecule has 3 aromatic carbocycles. The molecule has 1 heterocycles. The molecule has 30 heavy (non-hydrogen) atoms. The van der Waals surface area contributed by atoms with Crippen LogP contribution in [0.4, 0.5) is 4.39 Å². The van der Waals surface area contributed by atoms with Crippen LogP contribution in [0.3, 0.4) is 0 Å². The molecule has 0 aliphatic carbocycles. The number of hydrogen-bond donors (Lipinski definition) is 0. The molecule has 3 nitrogen and oxygen atoms in total. The summed E-state index contributed by atoms with van der Waals surface area (Å²) in [6, 6.07) is 20.7. The first kappa shape index (κ1) is 19.9. The molecule has 0 radical (unpaired) electrons. The van der Waals surface area contributed by atoms with Gasteiger partial charge in [0.1, 0.15) is 18.2 Å². The molecule has 0 amide bonds. The molecule has 0 saturated heterocycles. The fraction of sp³-hybridized carbons (Fsp3) is 0.192. The van der Waals surface area contributed by atoms with Crippen molar-refractivity contribution in [3.05, 3.63) is 101 Å². The molecule has 0 N–H and O–H groups in total. The maximum atomic E-state index is 13.9. The Balaban J connectivity index is 1.82. The Morgan fingerprint density at radius 2 is 1.77 bits per heavy atom. The van der Waals surface area contributed by atoms with Crippen LogP contribution in [0.25, 0.3) is 21.9 Å². The van der Waals surface area contributed by atoms with Crippen LogP contribution < -0.4 is 9.47 Å². The summed E-state index contributed by atoms with van der Waals surface area (Å²) in [5.41, 5.74) is 3.99. The van der Waals surface area contributed by atoms with Gasteiger partial charge < -0.3 is 9.94 Å². The molecule has 4 rings (SSSR count). The van der Waals surface area contributed by atoms with Crippen molar-refractivity contribution in [3.63, 3.8) is 0 Å². The fourth-order valence-corrected chi connectivity index (χ4v) is 3.80. The second kappa shape index (κ2) is 8.15. The molecule has 152 valence electrons. The minimum absolute atomic E-state index is 0.0151. The molecular formula is C26H24FNO2. The highest BCUT2D eigenvalue weighted by Crippen LogP contribution is 2.35. The fourth-order valence-electron chi connectivity index (χ4n) is 3.80. The summed E-state index contributed by atoms with van der Waals surface area (Å²) < 4.78 is 20.7. The molecule has 4 heteroatoms. The van der Waals surface area contributed by atoms with Crippen molar-refractivity contribution < 1.29 is 13.9 Å². The number of pyridine rings is 1. The monoisotopic (exact) mass is 401 g/mol. The van der Waals surface area contributed by atoms with Crippen LogP contribution in [-0.2, 0) is 6.61 Å². The largest absolute Gasteiger partial charge is 0.618 e. The van der Waals surface area contributed by atoms with Crippen LogP contribution in [0.1, 0.15) is 36.6 Å². The second-order valence-corrected chi connectivity index (χ2v) is 7.86. The lowest BCUT2D eigenvalue weighted by molar-refractivity contribution is -0.613. The summed E-state index contributed by atoms with van der Waals surface area (Å²) in [6.45, 7) is 6.18. The molecule has 0 aliphatic rings. The van der Waals surface area contributed by atoms with Gasteiger partial charge >= 0.3 is 0 Å². The van der Waals surface area contributed by atoms with E-state index in [-0.39, 0.29) is 11.7 Å². The van der Waals surface area contributed by atoms with Gasteiger partial charge in [-0.15, -0.1) is 0 Å². The number of halogens is 1. The Morgan fingerprint density at radius 3 is 2.47 bits per heavy atom. The number of hydrogen-bond acceptors (Lipinski definition) is 2. The summed E-state index contributed by atoms with van der Waals surface area (Å²) in [7, 11) is 0. The summed E-state index contributed by atoms with van der Waals surface area (Å²) in [6.07, 6.45) is 1.60. The quantitative estimate of drug-likeness (QED) is 0.291. The lowest BCUT2D eigenvalue weighted by Crippen LogP contribution is -2.33. The number of aryl methyl sites for hydroxylation is 1. The van der Waals surface area contributed by atoms with Crippen LogP contribution in [0.15, 0.2) is 72.9 Å². The molecule has 0 atom stereocenters. The minimum Gasteiger partial charge on any atom is -0.618 e. The number of rotatable bonds is 5. The van der Waals surface area contributed by atoms with Gasteiger partial charge in [0.2, 0.25) is 5.69 Å². The van der Waals surface area contributed by atoms with E-state index >= 15 is 0 Å². The van der Waals surface area contributed by atoms with Crippen molar-refractivity contribution in [2.45, 2.75) is 33.3 Å². The van der Waals surface area contributed by atoms with Gasteiger partial charge in [0.05, 0.1) is 10.9 Å². The van der Waals surface area contributed by atoms with E-state index in [1.54, 1.807) is 25.3 Å². The summed E-state index contributed by atoms with van der Waals surface area (Å²) >= 11 is 0. The van der Waals surface area contributed by atoms with E-state index in [4.69, 9.17) is 4.74 Å². The number of benzene rings is 3. The van der Waals surface area contributed by atoms with Crippen molar-refractivity contribution in [1.82, 2.24) is 0 Å². The van der Waals surface area contributed by atoms with Crippen molar-refractivity contribution >= 4 is 10.8 Å². The van der Waals surface area contributed by atoms with Gasteiger partial charge in [0.25, 0.3) is 0 Å². The molecule has 0 unspecified atom stereocenters. The van der Waals surface area contributed by atoms with E-state index in [1.807, 2.05) is 62.4 Å². The molecule has 4 aromatic rings. The van der Waals surface area contributed by atoms with Crippen LogP contribution in [0.5, 0.6) is 5.75 Å². The number of ether oxygens (including phenoxy) is 1. The highest BCUT2D eigenvalue weighted by Gasteiger charge is 2.22. The standard InChI is InChI=1S/C26H24FNO2/c1-17(2)26-25(20-9-12-24(27)18(3)13-20)23-11-10-22(14-21(23)15-28(26)29)30-16-19-7-5-4-6-8-19/h4-15,17H,16H2,1-3H3. The summed E-state index contributed by atoms with van der Waals surface area (Å²) in [4.78, 5) is 0. The Labute approximate surface area is 176 Å². The molecule has 0 saturated carbocycles. The van der Waals surface area contributed by atoms with Gasteiger partial charge in [-0.1, -0.05) is 50.2 Å². The number of fused-ring (bicyclic) bond motifs is 1. The van der Waals surface area contributed by atoms with Gasteiger partial charge in [0, 0.05) is 11.3 Å². The summed E-state index contributed by atoms with van der Waals surface area (Å²) in [5.74, 6) is 0.461. The lowest BCUT2D eigenvalue weighted by Gasteiger charge is -2.17. The predicted octanol–water partition coefficient (Wildman–Crippen LogP) is 6.29. The lowest BCUT2D eigenvalue weighted by atomic mass is 9.92. The average Bonchev–Trinajstić information content (AvgIpc) is 2.73. The third-order valence-electron chi connectivity index (χ3n) is 5.28. The normalized spacial score (nSPS) is 11.2. The number of aromatic nitrogens is 1. The third kappa shape index (κ3) is 3.86. The first-order valence-corrected chi connectivity index (χ1v) is 10.1. The van der Waals surface area contributed by atoms with E-state index in [0.29, 0.717) is 23.6 Å². The van der Waals surface area contributed by atoms with Gasteiger partial charge in [-0.25, -0.2) is 4.39 Å². The topological polar surface area (TPSA) is 36.2 Å². The molecule has 1 aromatic heterocycles. The van der Waals surface area contributed by atoms with E-state index < -0.39 is 0 Å². The van der Waals surface area contributed by atoms with Crippen LogP contribution in [-0.4, -0.2) is 0 Å². The van der Waals surface area contributed by atoms with Crippen LogP contribution >= 0.6 is 0 Å². The highest BCUT2D eigenvalue weighted by molar-refractivity contribution is 5.97. The molecule has 0 fully saturated rings. The minimum atomic E-state index is -0.253. The van der Waals surface area contributed by atoms with Gasteiger partial charge in [-0.05, 0) is 53.9 Å². The maximum Gasteiger partial charge on any atom is 0.203 e. The predicted molar refractivity (Wildman–Crippen MR) is 118 cm³/mol. The van der Waals surface area contributed by atoms with Gasteiger partial charge in [0.15, 0.2) is 6.20 Å². The first-order chi connectivity index (χ1) is 14.4. The van der Waals surface area contributed by atoms with Crippen molar-refractivity contribution in [1.29, 1.82) is 0 Å². The van der Waals surface area contributed by atoms with Crippen molar-refractivity contribution in [2.24, 2.45) is 0 Å². The van der Waals surface area contributed by atoms with Crippen molar-refractivity contribution in [2.75, 3.05) is 0 Å². The molecular weight excluding hydrogens is 377 g/mol. The van der Waals surface area contributed by atoms with Crippen LogP contribution in [0.2, 0.25) is 0 Å². The smallest absolute Gasteiger partial charge is 0.203 e. The Kier molecular flexibility index (Phi) is 5.40. The Morgan fingerprint density at radius 1 is 1.00 bits per heavy atom. The molecule has 0 spiro atoms. The summed E-state index contributed by atoms with van der Waals surface area (Å²) in [5, 5.41) is 14.6. The van der Waals surface area contributed by atoms with E-state index in [2.05, 4.69) is 0 Å². The third-order valence-corrected chi connectivity index (χ3v) is 5.28. The second-order valence-electron chi connectivity index (χ2n) is 7.86. The Hall–Kier alpha value is -3.40. The first-order valence-electron chi connectivity index (χ1n) is 10.1. The zero-order valence-electron chi connectivity index (χ0n) is 17.4. The van der Waals surface area contributed by atoms with E-state index in [0.717, 1.165) is 32.2 Å². The van der Waals surface area contributed by atoms with E-state index in [1.165, 1.54) is 6.07 Å². The van der Waals surface area contributed by atoms with Gasteiger partial charge in [-0.2, -0.15) is 4.73 Å². The average molecular weight is 401 g/mol. The Bertz CT molecular complexity index is 1200. The molecule has 0 bridgehead atoms. The van der Waals surface area contributed by atoms with Crippen molar-refractivity contribution in [3.8, 4) is 16.9 Å². The van der Waals surface area contributed by atoms with Gasteiger partial charge in [-0.3, -0.25) is 0 Å². The SMILES string of the molecule is Cc1cc(-c2c(C(C)C)[n+]([O-])cc3cc(OCc4ccccc4)ccc23)ccc1F.